The topological polar surface area (TPSA) is 46.2 Å². The number of aliphatic hydroxyl groups excluding tert-OH is 1. The molecule has 2 nitrogen and oxygen atoms in total. The fourth-order valence-electron chi connectivity index (χ4n) is 2.24. The Morgan fingerprint density at radius 3 is 2.20 bits per heavy atom. The summed E-state index contributed by atoms with van der Waals surface area (Å²) < 4.78 is 0. The van der Waals surface area contributed by atoms with Crippen molar-refractivity contribution >= 4 is 23.2 Å². The van der Waals surface area contributed by atoms with Crippen LogP contribution in [0.4, 0.5) is 0 Å². The fraction of sp³-hybridized carbons (Fsp3) is 0.250. The number of benzene rings is 2. The van der Waals surface area contributed by atoms with Gasteiger partial charge in [-0.05, 0) is 41.8 Å². The molecule has 4 heteroatoms. The van der Waals surface area contributed by atoms with Crippen LogP contribution in [-0.4, -0.2) is 11.7 Å². The molecule has 0 fully saturated rings. The minimum Gasteiger partial charge on any atom is -0.388 e. The third kappa shape index (κ3) is 3.33. The molecule has 0 saturated heterocycles. The van der Waals surface area contributed by atoms with Crippen LogP contribution in [0.15, 0.2) is 42.5 Å². The van der Waals surface area contributed by atoms with Crippen molar-refractivity contribution < 1.29 is 5.11 Å². The van der Waals surface area contributed by atoms with Gasteiger partial charge in [0, 0.05) is 22.5 Å². The highest BCUT2D eigenvalue weighted by molar-refractivity contribution is 6.31. The summed E-state index contributed by atoms with van der Waals surface area (Å²) in [4.78, 5) is 0. The molecule has 0 aromatic heterocycles. The van der Waals surface area contributed by atoms with E-state index in [0.717, 1.165) is 16.7 Å². The molecule has 2 atom stereocenters. The third-order valence-electron chi connectivity index (χ3n) is 3.46. The van der Waals surface area contributed by atoms with Gasteiger partial charge in [-0.15, -0.1) is 0 Å². The molecule has 0 saturated carbocycles. The second kappa shape index (κ2) is 6.59. The summed E-state index contributed by atoms with van der Waals surface area (Å²) in [5.41, 5.74) is 8.56. The first-order chi connectivity index (χ1) is 9.52. The van der Waals surface area contributed by atoms with Crippen LogP contribution in [0.2, 0.25) is 10.0 Å². The number of hydrogen-bond acceptors (Lipinski definition) is 2. The third-order valence-corrected chi connectivity index (χ3v) is 4.13. The predicted octanol–water partition coefficient (Wildman–Crippen LogP) is 4.08. The molecule has 0 radical (unpaired) electrons. The highest BCUT2D eigenvalue weighted by Gasteiger charge is 2.21. The van der Waals surface area contributed by atoms with Crippen molar-refractivity contribution in [2.24, 2.45) is 5.73 Å². The Labute approximate surface area is 129 Å². The van der Waals surface area contributed by atoms with Crippen LogP contribution < -0.4 is 5.73 Å². The maximum absolute atomic E-state index is 10.6. The zero-order chi connectivity index (χ0) is 14.7. The molecule has 2 rings (SSSR count). The monoisotopic (exact) mass is 309 g/mol. The van der Waals surface area contributed by atoms with E-state index in [4.69, 9.17) is 28.9 Å². The lowest BCUT2D eigenvalue weighted by Crippen LogP contribution is -2.20. The van der Waals surface area contributed by atoms with E-state index in [2.05, 4.69) is 0 Å². The molecule has 2 aromatic carbocycles. The molecule has 106 valence electrons. The van der Waals surface area contributed by atoms with Crippen LogP contribution in [0, 0.1) is 6.92 Å². The van der Waals surface area contributed by atoms with Crippen molar-refractivity contribution in [3.63, 3.8) is 0 Å². The standard InChI is InChI=1S/C16H17Cl2NO/c1-10-8-12(4-7-15(10)18)16(20)14(9-19)11-2-5-13(17)6-3-11/h2-8,14,16,20H,9,19H2,1H3. The van der Waals surface area contributed by atoms with Gasteiger partial charge in [-0.2, -0.15) is 0 Å². The number of aliphatic hydroxyl groups is 1. The number of rotatable bonds is 4. The van der Waals surface area contributed by atoms with E-state index >= 15 is 0 Å². The average Bonchev–Trinajstić information content (AvgIpc) is 2.44. The van der Waals surface area contributed by atoms with Crippen molar-refractivity contribution in [2.75, 3.05) is 6.54 Å². The summed E-state index contributed by atoms with van der Waals surface area (Å²) in [5, 5.41) is 11.9. The summed E-state index contributed by atoms with van der Waals surface area (Å²) in [5.74, 6) is -0.173. The van der Waals surface area contributed by atoms with Crippen molar-refractivity contribution in [1.29, 1.82) is 0 Å². The highest BCUT2D eigenvalue weighted by Crippen LogP contribution is 2.32. The van der Waals surface area contributed by atoms with Crippen LogP contribution in [-0.2, 0) is 0 Å². The maximum atomic E-state index is 10.6. The van der Waals surface area contributed by atoms with Crippen molar-refractivity contribution in [3.8, 4) is 0 Å². The van der Waals surface area contributed by atoms with Crippen LogP contribution >= 0.6 is 23.2 Å². The SMILES string of the molecule is Cc1cc(C(O)C(CN)c2ccc(Cl)cc2)ccc1Cl. The zero-order valence-corrected chi connectivity index (χ0v) is 12.7. The normalized spacial score (nSPS) is 14.1. The lowest BCUT2D eigenvalue weighted by molar-refractivity contribution is 0.147. The van der Waals surface area contributed by atoms with E-state index in [1.807, 2.05) is 31.2 Å². The van der Waals surface area contributed by atoms with E-state index in [1.54, 1.807) is 18.2 Å². The molecule has 0 aliphatic carbocycles. The second-order valence-corrected chi connectivity index (χ2v) is 5.69. The van der Waals surface area contributed by atoms with Gasteiger partial charge in [-0.3, -0.25) is 0 Å². The van der Waals surface area contributed by atoms with Crippen LogP contribution in [0.25, 0.3) is 0 Å². The van der Waals surface area contributed by atoms with E-state index in [-0.39, 0.29) is 5.92 Å². The Balaban J connectivity index is 2.30. The molecule has 3 N–H and O–H groups in total. The first-order valence-electron chi connectivity index (χ1n) is 6.42. The Morgan fingerprint density at radius 2 is 1.65 bits per heavy atom. The number of nitrogens with two attached hydrogens (primary N) is 1. The number of halogens is 2. The minimum atomic E-state index is -0.669. The fourth-order valence-corrected chi connectivity index (χ4v) is 2.48. The molecule has 0 spiro atoms. The first-order valence-corrected chi connectivity index (χ1v) is 7.18. The van der Waals surface area contributed by atoms with Crippen molar-refractivity contribution in [2.45, 2.75) is 18.9 Å². The van der Waals surface area contributed by atoms with Gasteiger partial charge in [-0.1, -0.05) is 47.5 Å². The van der Waals surface area contributed by atoms with E-state index in [0.29, 0.717) is 16.6 Å². The summed E-state index contributed by atoms with van der Waals surface area (Å²) in [6, 6.07) is 12.9. The van der Waals surface area contributed by atoms with Crippen LogP contribution in [0.3, 0.4) is 0 Å². The lowest BCUT2D eigenvalue weighted by atomic mass is 9.89. The van der Waals surface area contributed by atoms with Gasteiger partial charge in [0.25, 0.3) is 0 Å². The van der Waals surface area contributed by atoms with E-state index in [1.165, 1.54) is 0 Å². The predicted molar refractivity (Wildman–Crippen MR) is 84.4 cm³/mol. The summed E-state index contributed by atoms with van der Waals surface area (Å²) >= 11 is 11.9. The summed E-state index contributed by atoms with van der Waals surface area (Å²) in [6.45, 7) is 2.27. The molecule has 20 heavy (non-hydrogen) atoms. The second-order valence-electron chi connectivity index (χ2n) is 4.85. The van der Waals surface area contributed by atoms with Gasteiger partial charge in [0.1, 0.15) is 0 Å². The average molecular weight is 310 g/mol. The first kappa shape index (κ1) is 15.3. The highest BCUT2D eigenvalue weighted by atomic mass is 35.5. The van der Waals surface area contributed by atoms with Crippen molar-refractivity contribution in [3.05, 3.63) is 69.2 Å². The van der Waals surface area contributed by atoms with Crippen LogP contribution in [0.5, 0.6) is 0 Å². The van der Waals surface area contributed by atoms with Gasteiger partial charge in [-0.25, -0.2) is 0 Å². The zero-order valence-electron chi connectivity index (χ0n) is 11.2. The Kier molecular flexibility index (Phi) is 5.06. The molecular formula is C16H17Cl2NO. The molecule has 2 unspecified atom stereocenters. The molecular weight excluding hydrogens is 293 g/mol. The molecule has 2 aromatic rings. The van der Waals surface area contributed by atoms with E-state index < -0.39 is 6.10 Å². The van der Waals surface area contributed by atoms with Gasteiger partial charge in [0.15, 0.2) is 0 Å². The van der Waals surface area contributed by atoms with Crippen LogP contribution in [0.1, 0.15) is 28.7 Å². The molecule has 0 aliphatic heterocycles. The smallest absolute Gasteiger partial charge is 0.0870 e. The molecule has 0 heterocycles. The van der Waals surface area contributed by atoms with E-state index in [9.17, 15) is 5.11 Å². The lowest BCUT2D eigenvalue weighted by Gasteiger charge is -2.23. The number of aryl methyl sites for hydroxylation is 1. The van der Waals surface area contributed by atoms with Gasteiger partial charge >= 0.3 is 0 Å². The molecule has 0 aliphatic rings. The summed E-state index contributed by atoms with van der Waals surface area (Å²) in [7, 11) is 0. The van der Waals surface area contributed by atoms with Crippen molar-refractivity contribution in [1.82, 2.24) is 0 Å². The largest absolute Gasteiger partial charge is 0.388 e. The van der Waals surface area contributed by atoms with Gasteiger partial charge < -0.3 is 10.8 Å². The molecule has 0 bridgehead atoms. The Morgan fingerprint density at radius 1 is 1.05 bits per heavy atom. The van der Waals surface area contributed by atoms with Gasteiger partial charge in [0.05, 0.1) is 6.10 Å². The number of hydrogen-bond donors (Lipinski definition) is 2. The van der Waals surface area contributed by atoms with Gasteiger partial charge in [0.2, 0.25) is 0 Å². The Hall–Kier alpha value is -1.06. The quantitative estimate of drug-likeness (QED) is 0.894. The summed E-state index contributed by atoms with van der Waals surface area (Å²) in [6.07, 6.45) is -0.669. The molecule has 0 amide bonds. The maximum Gasteiger partial charge on any atom is 0.0870 e. The minimum absolute atomic E-state index is 0.173. The Bertz CT molecular complexity index is 584.